The summed E-state index contributed by atoms with van der Waals surface area (Å²) in [6.07, 6.45) is 5.05. The number of rotatable bonds is 3. The molecule has 100 valence electrons. The lowest BCUT2D eigenvalue weighted by molar-refractivity contribution is 0.681. The second-order valence-electron chi connectivity index (χ2n) is 5.41. The van der Waals surface area contributed by atoms with Gasteiger partial charge in [-0.15, -0.1) is 11.3 Å². The van der Waals surface area contributed by atoms with Gasteiger partial charge in [-0.1, -0.05) is 6.07 Å². The molecule has 2 aromatic rings. The van der Waals surface area contributed by atoms with Gasteiger partial charge in [0.2, 0.25) is 0 Å². The molecule has 1 aliphatic carbocycles. The molecule has 0 atom stereocenters. The maximum atomic E-state index is 4.77. The summed E-state index contributed by atoms with van der Waals surface area (Å²) in [5, 5.41) is 4.73. The molecular weight excluding hydrogens is 252 g/mol. The molecule has 1 aromatic carbocycles. The molecule has 0 spiro atoms. The summed E-state index contributed by atoms with van der Waals surface area (Å²) in [5.74, 6) is 0. The minimum Gasteiger partial charge on any atom is -0.379 e. The lowest BCUT2D eigenvalue weighted by Crippen LogP contribution is -2.01. The highest BCUT2D eigenvalue weighted by Crippen LogP contribution is 2.27. The average Bonchev–Trinajstić information content (AvgIpc) is 2.78. The Morgan fingerprint density at radius 3 is 2.58 bits per heavy atom. The van der Waals surface area contributed by atoms with Gasteiger partial charge in [-0.3, -0.25) is 0 Å². The Hall–Kier alpha value is -1.35. The number of benzene rings is 1. The maximum Gasteiger partial charge on any atom is 0.112 e. The van der Waals surface area contributed by atoms with Gasteiger partial charge in [-0.05, 0) is 62.8 Å². The normalized spacial score (nSPS) is 14.2. The van der Waals surface area contributed by atoms with Crippen LogP contribution in [0, 0.1) is 13.8 Å². The number of fused-ring (bicyclic) bond motifs is 1. The zero-order chi connectivity index (χ0) is 13.2. The first-order chi connectivity index (χ1) is 9.20. The van der Waals surface area contributed by atoms with Gasteiger partial charge in [0.1, 0.15) is 5.01 Å². The van der Waals surface area contributed by atoms with Gasteiger partial charge in [-0.2, -0.15) is 0 Å². The maximum absolute atomic E-state index is 4.77. The van der Waals surface area contributed by atoms with Crippen molar-refractivity contribution in [1.29, 1.82) is 0 Å². The van der Waals surface area contributed by atoms with Crippen molar-refractivity contribution in [3.8, 4) is 0 Å². The van der Waals surface area contributed by atoms with Crippen LogP contribution < -0.4 is 5.32 Å². The molecule has 0 radical (unpaired) electrons. The van der Waals surface area contributed by atoms with E-state index < -0.39 is 0 Å². The molecule has 0 saturated carbocycles. The van der Waals surface area contributed by atoms with E-state index in [9.17, 15) is 0 Å². The van der Waals surface area contributed by atoms with Crippen molar-refractivity contribution in [2.45, 2.75) is 46.1 Å². The van der Waals surface area contributed by atoms with E-state index in [1.807, 2.05) is 11.3 Å². The summed E-state index contributed by atoms with van der Waals surface area (Å²) < 4.78 is 0. The standard InChI is InChI=1S/C16H20N2S/c1-11-7-12(2)9-13(8-11)17-10-16-18-14-5-3-4-6-15(14)19-16/h7-9,17H,3-6,10H2,1-2H3. The fourth-order valence-corrected chi connectivity index (χ4v) is 3.83. The highest BCUT2D eigenvalue weighted by atomic mass is 32.1. The molecular formula is C16H20N2S. The van der Waals surface area contributed by atoms with Gasteiger partial charge in [0.25, 0.3) is 0 Å². The molecule has 3 rings (SSSR count). The fraction of sp³-hybridized carbons (Fsp3) is 0.438. The van der Waals surface area contributed by atoms with Crippen LogP contribution in [0.2, 0.25) is 0 Å². The largest absolute Gasteiger partial charge is 0.379 e. The quantitative estimate of drug-likeness (QED) is 0.903. The van der Waals surface area contributed by atoms with Gasteiger partial charge >= 0.3 is 0 Å². The zero-order valence-electron chi connectivity index (χ0n) is 11.6. The Morgan fingerprint density at radius 2 is 1.84 bits per heavy atom. The lowest BCUT2D eigenvalue weighted by atomic mass is 10.0. The summed E-state index contributed by atoms with van der Waals surface area (Å²) in [4.78, 5) is 6.28. The first kappa shape index (κ1) is 12.7. The van der Waals surface area contributed by atoms with Gasteiger partial charge in [0.05, 0.1) is 12.2 Å². The predicted octanol–water partition coefficient (Wildman–Crippen LogP) is 4.25. The van der Waals surface area contributed by atoms with E-state index in [4.69, 9.17) is 4.98 Å². The Morgan fingerprint density at radius 1 is 1.11 bits per heavy atom. The Kier molecular flexibility index (Phi) is 3.56. The third-order valence-corrected chi connectivity index (χ3v) is 4.71. The van der Waals surface area contributed by atoms with Crippen LogP contribution in [0.25, 0.3) is 0 Å². The number of aryl methyl sites for hydroxylation is 4. The number of aromatic nitrogens is 1. The first-order valence-corrected chi connectivity index (χ1v) is 7.82. The second-order valence-corrected chi connectivity index (χ2v) is 6.58. The molecule has 1 aromatic heterocycles. The van der Waals surface area contributed by atoms with Crippen molar-refractivity contribution in [2.75, 3.05) is 5.32 Å². The summed E-state index contributed by atoms with van der Waals surface area (Å²) >= 11 is 1.89. The summed E-state index contributed by atoms with van der Waals surface area (Å²) in [6, 6.07) is 6.59. The number of hydrogen-bond acceptors (Lipinski definition) is 3. The zero-order valence-corrected chi connectivity index (χ0v) is 12.4. The van der Waals surface area contributed by atoms with Crippen molar-refractivity contribution in [2.24, 2.45) is 0 Å². The van der Waals surface area contributed by atoms with E-state index in [2.05, 4.69) is 37.4 Å². The molecule has 1 heterocycles. The van der Waals surface area contributed by atoms with Crippen LogP contribution in [-0.2, 0) is 19.4 Å². The summed E-state index contributed by atoms with van der Waals surface area (Å²) in [5.41, 5.74) is 5.17. The van der Waals surface area contributed by atoms with Crippen molar-refractivity contribution < 1.29 is 0 Å². The monoisotopic (exact) mass is 272 g/mol. The second kappa shape index (κ2) is 5.33. The number of hydrogen-bond donors (Lipinski definition) is 1. The third kappa shape index (κ3) is 2.98. The molecule has 1 aliphatic rings. The molecule has 0 bridgehead atoms. The molecule has 0 aliphatic heterocycles. The average molecular weight is 272 g/mol. The van der Waals surface area contributed by atoms with Crippen LogP contribution in [0.3, 0.4) is 0 Å². The molecule has 0 fully saturated rings. The van der Waals surface area contributed by atoms with Gasteiger partial charge in [-0.25, -0.2) is 4.98 Å². The van der Waals surface area contributed by atoms with Crippen LogP contribution in [0.5, 0.6) is 0 Å². The first-order valence-electron chi connectivity index (χ1n) is 7.00. The third-order valence-electron chi connectivity index (χ3n) is 3.56. The fourth-order valence-electron chi connectivity index (χ4n) is 2.74. The summed E-state index contributed by atoms with van der Waals surface area (Å²) in [6.45, 7) is 5.13. The number of nitrogens with one attached hydrogen (secondary N) is 1. The molecule has 1 N–H and O–H groups in total. The van der Waals surface area contributed by atoms with Crippen LogP contribution in [0.4, 0.5) is 5.69 Å². The van der Waals surface area contributed by atoms with Crippen LogP contribution in [-0.4, -0.2) is 4.98 Å². The van der Waals surface area contributed by atoms with Crippen LogP contribution >= 0.6 is 11.3 Å². The van der Waals surface area contributed by atoms with Crippen molar-refractivity contribution in [3.63, 3.8) is 0 Å². The topological polar surface area (TPSA) is 24.9 Å². The number of nitrogens with zero attached hydrogens (tertiary/aromatic N) is 1. The number of anilines is 1. The Labute approximate surface area is 118 Å². The van der Waals surface area contributed by atoms with Crippen molar-refractivity contribution in [1.82, 2.24) is 4.98 Å². The Bertz CT molecular complexity index is 543. The molecule has 3 heteroatoms. The van der Waals surface area contributed by atoms with Gasteiger partial charge in [0.15, 0.2) is 0 Å². The molecule has 2 nitrogen and oxygen atoms in total. The van der Waals surface area contributed by atoms with E-state index >= 15 is 0 Å². The van der Waals surface area contributed by atoms with E-state index in [1.165, 1.54) is 58.1 Å². The lowest BCUT2D eigenvalue weighted by Gasteiger charge is -2.07. The smallest absolute Gasteiger partial charge is 0.112 e. The molecule has 0 unspecified atom stereocenters. The minimum absolute atomic E-state index is 0.848. The molecule has 0 saturated heterocycles. The summed E-state index contributed by atoms with van der Waals surface area (Å²) in [7, 11) is 0. The predicted molar refractivity (Wildman–Crippen MR) is 82.0 cm³/mol. The number of thiazole rings is 1. The van der Waals surface area contributed by atoms with E-state index in [1.54, 1.807) is 0 Å². The van der Waals surface area contributed by atoms with Crippen LogP contribution in [0.1, 0.15) is 39.5 Å². The van der Waals surface area contributed by atoms with E-state index in [-0.39, 0.29) is 0 Å². The van der Waals surface area contributed by atoms with E-state index in [0.29, 0.717) is 0 Å². The molecule has 0 amide bonds. The molecule has 19 heavy (non-hydrogen) atoms. The van der Waals surface area contributed by atoms with E-state index in [0.717, 1.165) is 6.54 Å². The highest BCUT2D eigenvalue weighted by molar-refractivity contribution is 7.11. The van der Waals surface area contributed by atoms with Crippen molar-refractivity contribution in [3.05, 3.63) is 44.9 Å². The van der Waals surface area contributed by atoms with Crippen molar-refractivity contribution >= 4 is 17.0 Å². The Balaban J connectivity index is 1.70. The van der Waals surface area contributed by atoms with Crippen LogP contribution in [0.15, 0.2) is 18.2 Å². The minimum atomic E-state index is 0.848. The van der Waals surface area contributed by atoms with Gasteiger partial charge < -0.3 is 5.32 Å². The SMILES string of the molecule is Cc1cc(C)cc(NCc2nc3c(s2)CCCC3)c1. The van der Waals surface area contributed by atoms with Gasteiger partial charge in [0, 0.05) is 10.6 Å². The highest BCUT2D eigenvalue weighted by Gasteiger charge is 2.14.